The van der Waals surface area contributed by atoms with Crippen LogP contribution in [0, 0.1) is 0 Å². The molecule has 106 valence electrons. The fourth-order valence-electron chi connectivity index (χ4n) is 3.03. The third-order valence-electron chi connectivity index (χ3n) is 4.05. The lowest BCUT2D eigenvalue weighted by Gasteiger charge is -2.34. The Balaban J connectivity index is 2.20. The third kappa shape index (κ3) is 3.48. The predicted octanol–water partition coefficient (Wildman–Crippen LogP) is 2.75. The van der Waals surface area contributed by atoms with E-state index in [-0.39, 0.29) is 5.54 Å². The number of hydrogen-bond acceptors (Lipinski definition) is 3. The summed E-state index contributed by atoms with van der Waals surface area (Å²) in [6.45, 7) is 5.53. The number of nitrogens with two attached hydrogens (primary N) is 1. The average Bonchev–Trinajstić information content (AvgIpc) is 2.92. The number of nitrogens with zero attached hydrogens (tertiary/aromatic N) is 1. The van der Waals surface area contributed by atoms with Gasteiger partial charge in [0.25, 0.3) is 0 Å². The van der Waals surface area contributed by atoms with Crippen molar-refractivity contribution in [3.05, 3.63) is 29.8 Å². The van der Waals surface area contributed by atoms with Crippen molar-refractivity contribution in [2.24, 2.45) is 5.73 Å². The van der Waals surface area contributed by atoms with Crippen molar-refractivity contribution in [2.75, 3.05) is 26.7 Å². The highest BCUT2D eigenvalue weighted by molar-refractivity contribution is 5.33. The third-order valence-corrected chi connectivity index (χ3v) is 4.05. The summed E-state index contributed by atoms with van der Waals surface area (Å²) in [6.07, 6.45) is 4.72. The van der Waals surface area contributed by atoms with Crippen LogP contribution in [0.5, 0.6) is 5.75 Å². The van der Waals surface area contributed by atoms with Crippen molar-refractivity contribution in [1.82, 2.24) is 4.90 Å². The van der Waals surface area contributed by atoms with Crippen LogP contribution in [0.15, 0.2) is 24.3 Å². The van der Waals surface area contributed by atoms with E-state index in [4.69, 9.17) is 10.5 Å². The molecule has 1 saturated heterocycles. The number of benzene rings is 1. The molecule has 1 atom stereocenters. The van der Waals surface area contributed by atoms with Crippen molar-refractivity contribution in [1.29, 1.82) is 0 Å². The number of rotatable bonds is 6. The lowest BCUT2D eigenvalue weighted by molar-refractivity contribution is 0.234. The molecule has 1 aromatic carbocycles. The van der Waals surface area contributed by atoms with Gasteiger partial charge in [-0.05, 0) is 50.0 Å². The molecule has 3 heteroatoms. The fraction of sp³-hybridized carbons (Fsp3) is 0.625. The highest BCUT2D eigenvalue weighted by Gasteiger charge is 2.30. The second-order valence-corrected chi connectivity index (χ2v) is 5.62. The molecular formula is C16H26N2O. The van der Waals surface area contributed by atoms with Gasteiger partial charge < -0.3 is 15.4 Å². The number of likely N-dealkylation sites (tertiary alicyclic amines) is 1. The zero-order valence-electron chi connectivity index (χ0n) is 12.2. The monoisotopic (exact) mass is 262 g/mol. The van der Waals surface area contributed by atoms with Gasteiger partial charge in [0, 0.05) is 6.54 Å². The first kappa shape index (κ1) is 14.4. The summed E-state index contributed by atoms with van der Waals surface area (Å²) >= 11 is 0. The smallest absolute Gasteiger partial charge is 0.119 e. The Labute approximate surface area is 116 Å². The number of ether oxygens (including phenoxy) is 1. The molecule has 0 amide bonds. The normalized spacial score (nSPS) is 19.3. The van der Waals surface area contributed by atoms with Gasteiger partial charge in [0.2, 0.25) is 0 Å². The van der Waals surface area contributed by atoms with E-state index in [1.54, 1.807) is 7.11 Å². The average molecular weight is 262 g/mol. The van der Waals surface area contributed by atoms with E-state index < -0.39 is 0 Å². The second-order valence-electron chi connectivity index (χ2n) is 5.62. The minimum absolute atomic E-state index is 0.256. The van der Waals surface area contributed by atoms with E-state index in [1.165, 1.54) is 31.5 Å². The molecule has 3 nitrogen and oxygen atoms in total. The Bertz CT molecular complexity index is 401. The maximum Gasteiger partial charge on any atom is 0.119 e. The zero-order valence-corrected chi connectivity index (χ0v) is 12.2. The molecular weight excluding hydrogens is 236 g/mol. The molecule has 1 aromatic rings. The largest absolute Gasteiger partial charge is 0.497 e. The van der Waals surface area contributed by atoms with Gasteiger partial charge in [-0.25, -0.2) is 0 Å². The summed E-state index contributed by atoms with van der Waals surface area (Å²) in [4.78, 5) is 2.50. The van der Waals surface area contributed by atoms with Crippen LogP contribution in [-0.2, 0) is 5.54 Å². The summed E-state index contributed by atoms with van der Waals surface area (Å²) in [6, 6.07) is 8.24. The standard InChI is InChI=1S/C16H26N2O/c1-3-9-16(17,13-18-10-4-5-11-18)14-7-6-8-15(12-14)19-2/h6-8,12H,3-5,9-11,13,17H2,1-2H3. The topological polar surface area (TPSA) is 38.5 Å². The Morgan fingerprint density at radius 2 is 2.05 bits per heavy atom. The maximum atomic E-state index is 6.74. The first-order valence-corrected chi connectivity index (χ1v) is 7.34. The Kier molecular flexibility index (Phi) is 4.83. The van der Waals surface area contributed by atoms with Gasteiger partial charge in [-0.3, -0.25) is 0 Å². The van der Waals surface area contributed by atoms with Crippen LogP contribution in [0.1, 0.15) is 38.2 Å². The fourth-order valence-corrected chi connectivity index (χ4v) is 3.03. The van der Waals surface area contributed by atoms with Gasteiger partial charge >= 0.3 is 0 Å². The molecule has 1 fully saturated rings. The summed E-state index contributed by atoms with van der Waals surface area (Å²) in [5.41, 5.74) is 7.67. The summed E-state index contributed by atoms with van der Waals surface area (Å²) in [5, 5.41) is 0. The quantitative estimate of drug-likeness (QED) is 0.856. The predicted molar refractivity (Wildman–Crippen MR) is 79.4 cm³/mol. The van der Waals surface area contributed by atoms with Crippen LogP contribution < -0.4 is 10.5 Å². The van der Waals surface area contributed by atoms with E-state index in [0.717, 1.165) is 25.1 Å². The van der Waals surface area contributed by atoms with E-state index in [0.29, 0.717) is 0 Å². The van der Waals surface area contributed by atoms with E-state index in [9.17, 15) is 0 Å². The summed E-state index contributed by atoms with van der Waals surface area (Å²) in [5.74, 6) is 0.893. The molecule has 1 aliphatic rings. The zero-order chi connectivity index (χ0) is 13.7. The number of hydrogen-bond donors (Lipinski definition) is 1. The van der Waals surface area contributed by atoms with Gasteiger partial charge in [0.05, 0.1) is 12.6 Å². The molecule has 0 aromatic heterocycles. The van der Waals surface area contributed by atoms with Crippen molar-refractivity contribution in [3.63, 3.8) is 0 Å². The van der Waals surface area contributed by atoms with Gasteiger partial charge in [0.1, 0.15) is 5.75 Å². The highest BCUT2D eigenvalue weighted by Crippen LogP contribution is 2.29. The Morgan fingerprint density at radius 3 is 2.68 bits per heavy atom. The minimum atomic E-state index is -0.256. The minimum Gasteiger partial charge on any atom is -0.497 e. The summed E-state index contributed by atoms with van der Waals surface area (Å²) in [7, 11) is 1.71. The highest BCUT2D eigenvalue weighted by atomic mass is 16.5. The molecule has 19 heavy (non-hydrogen) atoms. The van der Waals surface area contributed by atoms with Crippen molar-refractivity contribution in [3.8, 4) is 5.75 Å². The lowest BCUT2D eigenvalue weighted by atomic mass is 9.86. The summed E-state index contributed by atoms with van der Waals surface area (Å²) < 4.78 is 5.33. The van der Waals surface area contributed by atoms with Gasteiger partial charge in [-0.15, -0.1) is 0 Å². The van der Waals surface area contributed by atoms with Crippen LogP contribution in [0.2, 0.25) is 0 Å². The molecule has 0 spiro atoms. The van der Waals surface area contributed by atoms with E-state index in [1.807, 2.05) is 12.1 Å². The maximum absolute atomic E-state index is 6.74. The van der Waals surface area contributed by atoms with E-state index >= 15 is 0 Å². The first-order valence-electron chi connectivity index (χ1n) is 7.34. The lowest BCUT2D eigenvalue weighted by Crippen LogP contribution is -2.47. The molecule has 1 aliphatic heterocycles. The second kappa shape index (κ2) is 6.40. The molecule has 2 rings (SSSR count). The molecule has 2 N–H and O–H groups in total. The van der Waals surface area contributed by atoms with E-state index in [2.05, 4.69) is 24.0 Å². The SMILES string of the molecule is CCCC(N)(CN1CCCC1)c1cccc(OC)c1. The van der Waals surface area contributed by atoms with Crippen molar-refractivity contribution in [2.45, 2.75) is 38.1 Å². The van der Waals surface area contributed by atoms with Crippen LogP contribution in [0.4, 0.5) is 0 Å². The van der Waals surface area contributed by atoms with Crippen molar-refractivity contribution < 1.29 is 4.74 Å². The Morgan fingerprint density at radius 1 is 1.32 bits per heavy atom. The molecule has 1 unspecified atom stereocenters. The first-order chi connectivity index (χ1) is 9.18. The molecule has 0 aliphatic carbocycles. The van der Waals surface area contributed by atoms with Crippen LogP contribution in [0.25, 0.3) is 0 Å². The van der Waals surface area contributed by atoms with Crippen LogP contribution in [-0.4, -0.2) is 31.6 Å². The van der Waals surface area contributed by atoms with Crippen LogP contribution >= 0.6 is 0 Å². The van der Waals surface area contributed by atoms with Crippen LogP contribution in [0.3, 0.4) is 0 Å². The van der Waals surface area contributed by atoms with Crippen molar-refractivity contribution >= 4 is 0 Å². The Hall–Kier alpha value is -1.06. The molecule has 1 heterocycles. The number of methoxy groups -OCH3 is 1. The van der Waals surface area contributed by atoms with Gasteiger partial charge in [-0.1, -0.05) is 25.5 Å². The molecule has 0 radical (unpaired) electrons. The molecule has 0 saturated carbocycles. The van der Waals surface area contributed by atoms with Gasteiger partial charge in [-0.2, -0.15) is 0 Å². The van der Waals surface area contributed by atoms with Gasteiger partial charge in [0.15, 0.2) is 0 Å². The molecule has 0 bridgehead atoms.